The van der Waals surface area contributed by atoms with Crippen LogP contribution in [0.2, 0.25) is 0 Å². The predicted octanol–water partition coefficient (Wildman–Crippen LogP) is 1.05. The molecule has 1 aromatic rings. The largest absolute Gasteiger partial charge is 0.384 e. The van der Waals surface area contributed by atoms with Crippen LogP contribution in [0.15, 0.2) is 18.2 Å². The Hall–Kier alpha value is -2.78. The molecule has 166 valence electrons. The van der Waals surface area contributed by atoms with Gasteiger partial charge < -0.3 is 15.4 Å². The molecule has 3 N–H and O–H groups in total. The number of fused-ring (bicyclic) bond motifs is 1. The number of nitrogens with one attached hydrogen (secondary N) is 3. The van der Waals surface area contributed by atoms with E-state index in [9.17, 15) is 19.2 Å². The molecule has 0 bridgehead atoms. The molecular formula is C22H28N4O5. The number of piperidine rings is 2. The molecule has 2 saturated heterocycles. The minimum atomic E-state index is -0.962. The van der Waals surface area contributed by atoms with Gasteiger partial charge in [-0.2, -0.15) is 0 Å². The van der Waals surface area contributed by atoms with Crippen molar-refractivity contribution in [2.75, 3.05) is 25.0 Å². The van der Waals surface area contributed by atoms with Gasteiger partial charge in [-0.15, -0.1) is 0 Å². The van der Waals surface area contributed by atoms with Crippen LogP contribution in [0.4, 0.5) is 5.69 Å². The SMILES string of the molecule is CC(CCNc1cccc2c1C(=O)N(C1CCC(=O)NC1=O)C2=O)OC1CCNCC1. The predicted molar refractivity (Wildman–Crippen MR) is 113 cm³/mol. The Kier molecular flexibility index (Phi) is 6.33. The van der Waals surface area contributed by atoms with E-state index in [0.29, 0.717) is 12.2 Å². The minimum Gasteiger partial charge on any atom is -0.384 e. The molecule has 4 amide bonds. The Labute approximate surface area is 180 Å². The highest BCUT2D eigenvalue weighted by atomic mass is 16.5. The summed E-state index contributed by atoms with van der Waals surface area (Å²) in [6.45, 7) is 4.58. The molecule has 2 atom stereocenters. The third-order valence-corrected chi connectivity index (χ3v) is 6.05. The van der Waals surface area contributed by atoms with Crippen molar-refractivity contribution in [3.63, 3.8) is 0 Å². The van der Waals surface area contributed by atoms with E-state index in [2.05, 4.69) is 16.0 Å². The fourth-order valence-corrected chi connectivity index (χ4v) is 4.40. The number of carbonyl (C=O) groups is 4. The molecule has 0 radical (unpaired) electrons. The third kappa shape index (κ3) is 4.47. The van der Waals surface area contributed by atoms with Crippen LogP contribution in [-0.4, -0.2) is 66.4 Å². The molecule has 1 aromatic carbocycles. The quantitative estimate of drug-likeness (QED) is 0.556. The lowest BCUT2D eigenvalue weighted by molar-refractivity contribution is -0.136. The normalized spacial score (nSPS) is 23.0. The second-order valence-electron chi connectivity index (χ2n) is 8.29. The van der Waals surface area contributed by atoms with Crippen LogP contribution in [0.25, 0.3) is 0 Å². The Morgan fingerprint density at radius 2 is 1.90 bits per heavy atom. The number of amides is 4. The highest BCUT2D eigenvalue weighted by Gasteiger charge is 2.45. The first-order valence-electron chi connectivity index (χ1n) is 10.9. The number of rotatable bonds is 7. The van der Waals surface area contributed by atoms with Gasteiger partial charge in [0.1, 0.15) is 6.04 Å². The molecule has 3 heterocycles. The summed E-state index contributed by atoms with van der Waals surface area (Å²) in [6.07, 6.45) is 3.37. The number of imide groups is 2. The first kappa shape index (κ1) is 21.5. The molecule has 0 aromatic heterocycles. The number of hydrogen-bond donors (Lipinski definition) is 3. The Morgan fingerprint density at radius 3 is 2.65 bits per heavy atom. The first-order chi connectivity index (χ1) is 15.0. The summed E-state index contributed by atoms with van der Waals surface area (Å²) in [5, 5.41) is 8.79. The van der Waals surface area contributed by atoms with Gasteiger partial charge in [0, 0.05) is 18.7 Å². The molecule has 3 aliphatic rings. The van der Waals surface area contributed by atoms with E-state index in [1.54, 1.807) is 18.2 Å². The summed E-state index contributed by atoms with van der Waals surface area (Å²) in [4.78, 5) is 50.6. The summed E-state index contributed by atoms with van der Waals surface area (Å²) in [5.41, 5.74) is 1.13. The molecule has 31 heavy (non-hydrogen) atoms. The van der Waals surface area contributed by atoms with Crippen molar-refractivity contribution in [3.05, 3.63) is 29.3 Å². The van der Waals surface area contributed by atoms with Crippen LogP contribution in [-0.2, 0) is 14.3 Å². The van der Waals surface area contributed by atoms with Crippen LogP contribution in [0.5, 0.6) is 0 Å². The Morgan fingerprint density at radius 1 is 1.13 bits per heavy atom. The van der Waals surface area contributed by atoms with Gasteiger partial charge in [0.05, 0.1) is 23.3 Å². The van der Waals surface area contributed by atoms with Gasteiger partial charge in [0.25, 0.3) is 11.8 Å². The van der Waals surface area contributed by atoms with E-state index in [1.165, 1.54) is 0 Å². The van der Waals surface area contributed by atoms with Gasteiger partial charge in [-0.05, 0) is 57.8 Å². The molecule has 4 rings (SSSR count). The highest BCUT2D eigenvalue weighted by Crippen LogP contribution is 2.32. The second-order valence-corrected chi connectivity index (χ2v) is 8.29. The lowest BCUT2D eigenvalue weighted by Crippen LogP contribution is -2.54. The van der Waals surface area contributed by atoms with Crippen LogP contribution >= 0.6 is 0 Å². The van der Waals surface area contributed by atoms with Crippen molar-refractivity contribution in [3.8, 4) is 0 Å². The summed E-state index contributed by atoms with van der Waals surface area (Å²) >= 11 is 0. The maximum Gasteiger partial charge on any atom is 0.264 e. The van der Waals surface area contributed by atoms with Crippen molar-refractivity contribution in [1.82, 2.24) is 15.5 Å². The lowest BCUT2D eigenvalue weighted by Gasteiger charge is -2.28. The highest BCUT2D eigenvalue weighted by molar-refractivity contribution is 6.25. The Bertz CT molecular complexity index is 896. The maximum atomic E-state index is 13.1. The number of benzene rings is 1. The van der Waals surface area contributed by atoms with Crippen molar-refractivity contribution in [2.45, 2.75) is 57.3 Å². The number of hydrogen-bond acceptors (Lipinski definition) is 7. The van der Waals surface area contributed by atoms with Gasteiger partial charge in [-0.3, -0.25) is 29.4 Å². The standard InChI is InChI=1S/C22H28N4O5/c1-13(31-14-8-10-23-11-9-14)7-12-24-16-4-2-3-15-19(16)22(30)26(21(15)29)17-5-6-18(27)25-20(17)28/h2-4,13-14,17,23-24H,5-12H2,1H3,(H,25,27,28). The van der Waals surface area contributed by atoms with Crippen molar-refractivity contribution in [2.24, 2.45) is 0 Å². The van der Waals surface area contributed by atoms with Crippen LogP contribution in [0.1, 0.15) is 59.7 Å². The van der Waals surface area contributed by atoms with Crippen molar-refractivity contribution in [1.29, 1.82) is 0 Å². The molecule has 0 spiro atoms. The molecule has 0 aliphatic carbocycles. The third-order valence-electron chi connectivity index (χ3n) is 6.05. The molecule has 2 unspecified atom stereocenters. The van der Waals surface area contributed by atoms with Crippen LogP contribution in [0.3, 0.4) is 0 Å². The number of anilines is 1. The summed E-state index contributed by atoms with van der Waals surface area (Å²) in [7, 11) is 0. The van der Waals surface area contributed by atoms with Gasteiger partial charge in [0.2, 0.25) is 11.8 Å². The smallest absolute Gasteiger partial charge is 0.264 e. The van der Waals surface area contributed by atoms with Crippen molar-refractivity contribution < 1.29 is 23.9 Å². The minimum absolute atomic E-state index is 0.0738. The second kappa shape index (κ2) is 9.15. The summed E-state index contributed by atoms with van der Waals surface area (Å²) in [6, 6.07) is 4.11. The molecular weight excluding hydrogens is 400 g/mol. The van der Waals surface area contributed by atoms with Gasteiger partial charge >= 0.3 is 0 Å². The molecule has 0 saturated carbocycles. The zero-order valence-corrected chi connectivity index (χ0v) is 17.6. The molecule has 3 aliphatic heterocycles. The lowest BCUT2D eigenvalue weighted by atomic mass is 10.0. The zero-order valence-electron chi connectivity index (χ0n) is 17.6. The van der Waals surface area contributed by atoms with Crippen molar-refractivity contribution >= 4 is 29.3 Å². The average Bonchev–Trinajstić information content (AvgIpc) is 3.00. The topological polar surface area (TPSA) is 117 Å². The van der Waals surface area contributed by atoms with E-state index in [4.69, 9.17) is 4.74 Å². The Balaban J connectivity index is 1.40. The maximum absolute atomic E-state index is 13.1. The van der Waals surface area contributed by atoms with Crippen LogP contribution in [0, 0.1) is 0 Å². The molecule has 9 nitrogen and oxygen atoms in total. The summed E-state index contributed by atoms with van der Waals surface area (Å²) < 4.78 is 6.10. The fourth-order valence-electron chi connectivity index (χ4n) is 4.40. The average molecular weight is 428 g/mol. The van der Waals surface area contributed by atoms with E-state index in [-0.39, 0.29) is 42.1 Å². The van der Waals surface area contributed by atoms with E-state index in [0.717, 1.165) is 37.3 Å². The van der Waals surface area contributed by atoms with Gasteiger partial charge in [-0.25, -0.2) is 0 Å². The monoisotopic (exact) mass is 428 g/mol. The van der Waals surface area contributed by atoms with E-state index in [1.807, 2.05) is 6.92 Å². The fraction of sp³-hybridized carbons (Fsp3) is 0.545. The zero-order chi connectivity index (χ0) is 22.0. The van der Waals surface area contributed by atoms with Crippen LogP contribution < -0.4 is 16.0 Å². The van der Waals surface area contributed by atoms with Gasteiger partial charge in [0.15, 0.2) is 0 Å². The van der Waals surface area contributed by atoms with E-state index < -0.39 is 23.8 Å². The number of nitrogens with zero attached hydrogens (tertiary/aromatic N) is 1. The first-order valence-corrected chi connectivity index (χ1v) is 10.9. The number of ether oxygens (including phenoxy) is 1. The molecule has 9 heteroatoms. The van der Waals surface area contributed by atoms with E-state index >= 15 is 0 Å². The van der Waals surface area contributed by atoms with Gasteiger partial charge in [-0.1, -0.05) is 6.07 Å². The summed E-state index contributed by atoms with van der Waals surface area (Å²) in [5.74, 6) is -2.00. The number of carbonyl (C=O) groups excluding carboxylic acids is 4. The molecule has 2 fully saturated rings.